The quantitative estimate of drug-likeness (QED) is 0.170. The van der Waals surface area contributed by atoms with Gasteiger partial charge in [-0.15, -0.1) is 0 Å². The van der Waals surface area contributed by atoms with Gasteiger partial charge in [-0.25, -0.2) is 4.39 Å². The smallest absolute Gasteiger partial charge is 0.270 e. The Bertz CT molecular complexity index is 1200. The van der Waals surface area contributed by atoms with Crippen LogP contribution in [0.15, 0.2) is 60.7 Å². The first kappa shape index (κ1) is 22.8. The summed E-state index contributed by atoms with van der Waals surface area (Å²) >= 11 is 6.43. The number of non-ortho nitro benzene ring substituents is 1. The summed E-state index contributed by atoms with van der Waals surface area (Å²) in [6.07, 6.45) is 1.57. The monoisotopic (exact) mass is 452 g/mol. The molecule has 0 saturated heterocycles. The van der Waals surface area contributed by atoms with Crippen LogP contribution in [0.3, 0.4) is 0 Å². The van der Waals surface area contributed by atoms with Gasteiger partial charge in [0.1, 0.15) is 12.4 Å². The summed E-state index contributed by atoms with van der Waals surface area (Å²) in [5.74, 6) is 0.364. The van der Waals surface area contributed by atoms with Gasteiger partial charge in [0, 0.05) is 12.1 Å². The number of halogens is 2. The maximum absolute atomic E-state index is 13.1. The normalized spacial score (nSPS) is 11.0. The lowest BCUT2D eigenvalue weighted by atomic mass is 10.0. The van der Waals surface area contributed by atoms with Crippen LogP contribution in [0, 0.1) is 27.3 Å². The molecule has 8 heteroatoms. The number of benzene rings is 3. The number of nitro groups is 1. The van der Waals surface area contributed by atoms with Gasteiger partial charge < -0.3 is 9.47 Å². The number of rotatable bonds is 8. The summed E-state index contributed by atoms with van der Waals surface area (Å²) < 4.78 is 24.6. The highest BCUT2D eigenvalue weighted by atomic mass is 35.5. The van der Waals surface area contributed by atoms with Gasteiger partial charge in [-0.05, 0) is 54.0 Å². The molecule has 3 aromatic rings. The highest BCUT2D eigenvalue weighted by Crippen LogP contribution is 2.38. The molecule has 0 radical (unpaired) electrons. The number of ether oxygens (including phenoxy) is 2. The molecule has 0 bridgehead atoms. The Morgan fingerprint density at radius 1 is 1.19 bits per heavy atom. The van der Waals surface area contributed by atoms with Crippen LogP contribution >= 0.6 is 11.6 Å². The predicted octanol–water partition coefficient (Wildman–Crippen LogP) is 6.43. The van der Waals surface area contributed by atoms with E-state index in [2.05, 4.69) is 6.07 Å². The molecule has 3 aromatic carbocycles. The number of hydrogen-bond acceptors (Lipinski definition) is 5. The van der Waals surface area contributed by atoms with E-state index in [4.69, 9.17) is 21.1 Å². The van der Waals surface area contributed by atoms with E-state index in [0.29, 0.717) is 29.2 Å². The van der Waals surface area contributed by atoms with Crippen molar-refractivity contribution < 1.29 is 18.8 Å². The van der Waals surface area contributed by atoms with E-state index in [-0.39, 0.29) is 28.7 Å². The number of allylic oxidation sites excluding steroid dienone is 1. The van der Waals surface area contributed by atoms with Crippen LogP contribution in [-0.4, -0.2) is 11.5 Å². The molecule has 0 unspecified atom stereocenters. The molecule has 0 spiro atoms. The first-order valence-corrected chi connectivity index (χ1v) is 9.99. The Hall–Kier alpha value is -3.89. The second kappa shape index (κ2) is 10.4. The fourth-order valence-corrected chi connectivity index (χ4v) is 3.22. The van der Waals surface area contributed by atoms with Crippen molar-refractivity contribution in [3.63, 3.8) is 0 Å². The van der Waals surface area contributed by atoms with Gasteiger partial charge in [0.05, 0.1) is 28.2 Å². The third-order valence-corrected chi connectivity index (χ3v) is 4.71. The van der Waals surface area contributed by atoms with Gasteiger partial charge in [0.2, 0.25) is 0 Å². The molecular formula is C24H18ClFN2O4. The van der Waals surface area contributed by atoms with Crippen LogP contribution < -0.4 is 9.47 Å². The lowest BCUT2D eigenvalue weighted by Crippen LogP contribution is -2.01. The van der Waals surface area contributed by atoms with Crippen molar-refractivity contribution in [2.45, 2.75) is 13.5 Å². The topological polar surface area (TPSA) is 85.4 Å². The Labute approximate surface area is 189 Å². The van der Waals surface area contributed by atoms with Crippen LogP contribution in [0.1, 0.15) is 23.6 Å². The molecule has 0 aliphatic rings. The van der Waals surface area contributed by atoms with E-state index >= 15 is 0 Å². The van der Waals surface area contributed by atoms with Crippen molar-refractivity contribution in [3.05, 3.63) is 98.3 Å². The van der Waals surface area contributed by atoms with Crippen molar-refractivity contribution in [1.82, 2.24) is 0 Å². The van der Waals surface area contributed by atoms with Gasteiger partial charge in [0.25, 0.3) is 5.69 Å². The molecule has 0 atom stereocenters. The zero-order valence-corrected chi connectivity index (χ0v) is 17.8. The van der Waals surface area contributed by atoms with Gasteiger partial charge in [-0.2, -0.15) is 5.26 Å². The van der Waals surface area contributed by atoms with E-state index in [0.717, 1.165) is 5.56 Å². The number of nitro benzene ring substituents is 1. The van der Waals surface area contributed by atoms with Gasteiger partial charge >= 0.3 is 0 Å². The van der Waals surface area contributed by atoms with Crippen molar-refractivity contribution in [2.75, 3.05) is 6.61 Å². The van der Waals surface area contributed by atoms with Crippen molar-refractivity contribution >= 4 is 28.9 Å². The van der Waals surface area contributed by atoms with Crippen LogP contribution in [0.2, 0.25) is 5.02 Å². The Morgan fingerprint density at radius 3 is 2.59 bits per heavy atom. The summed E-state index contributed by atoms with van der Waals surface area (Å²) in [6, 6.07) is 17.1. The summed E-state index contributed by atoms with van der Waals surface area (Å²) in [5.41, 5.74) is 1.85. The molecule has 0 N–H and O–H groups in total. The van der Waals surface area contributed by atoms with E-state index in [1.165, 1.54) is 30.3 Å². The molecule has 0 heterocycles. The zero-order chi connectivity index (χ0) is 23.1. The standard InChI is InChI=1S/C24H18ClFN2O4/c1-2-31-23-12-17(10-19(14-27)18-4-3-5-21(13-18)28(29)30)11-22(25)24(23)32-15-16-6-8-20(26)9-7-16/h3-13H,2,15H2,1H3. The minimum absolute atomic E-state index is 0.110. The van der Waals surface area contributed by atoms with Gasteiger partial charge in [-0.3, -0.25) is 10.1 Å². The number of nitrogens with zero attached hydrogens (tertiary/aromatic N) is 2. The first-order chi connectivity index (χ1) is 15.4. The third-order valence-electron chi connectivity index (χ3n) is 4.43. The molecule has 0 aliphatic carbocycles. The van der Waals surface area contributed by atoms with Gasteiger partial charge in [0.15, 0.2) is 11.5 Å². The Balaban J connectivity index is 1.93. The van der Waals surface area contributed by atoms with Crippen molar-refractivity contribution in [2.24, 2.45) is 0 Å². The average molecular weight is 453 g/mol. The van der Waals surface area contributed by atoms with Crippen LogP contribution in [-0.2, 0) is 6.61 Å². The maximum atomic E-state index is 13.1. The van der Waals surface area contributed by atoms with E-state index in [1.807, 2.05) is 6.92 Å². The van der Waals surface area contributed by atoms with Crippen LogP contribution in [0.5, 0.6) is 11.5 Å². The third kappa shape index (κ3) is 5.62. The molecular weight excluding hydrogens is 435 g/mol. The zero-order valence-electron chi connectivity index (χ0n) is 17.0. The summed E-state index contributed by atoms with van der Waals surface area (Å²) in [4.78, 5) is 10.5. The molecule has 6 nitrogen and oxygen atoms in total. The number of nitriles is 1. The first-order valence-electron chi connectivity index (χ1n) is 9.61. The molecule has 162 valence electrons. The van der Waals surface area contributed by atoms with Crippen molar-refractivity contribution in [3.8, 4) is 17.6 Å². The second-order valence-electron chi connectivity index (χ2n) is 6.66. The minimum Gasteiger partial charge on any atom is -0.490 e. The Morgan fingerprint density at radius 2 is 1.94 bits per heavy atom. The molecule has 0 aromatic heterocycles. The highest BCUT2D eigenvalue weighted by Gasteiger charge is 2.14. The Kier molecular flexibility index (Phi) is 7.42. The number of hydrogen-bond donors (Lipinski definition) is 0. The van der Waals surface area contributed by atoms with Gasteiger partial charge in [-0.1, -0.05) is 35.9 Å². The summed E-state index contributed by atoms with van der Waals surface area (Å²) in [6.45, 7) is 2.32. The predicted molar refractivity (Wildman–Crippen MR) is 120 cm³/mol. The second-order valence-corrected chi connectivity index (χ2v) is 7.06. The fourth-order valence-electron chi connectivity index (χ4n) is 2.94. The van der Waals surface area contributed by atoms with E-state index in [1.54, 1.807) is 36.4 Å². The molecule has 0 saturated carbocycles. The average Bonchev–Trinajstić information content (AvgIpc) is 2.78. The lowest BCUT2D eigenvalue weighted by molar-refractivity contribution is -0.384. The fraction of sp³-hybridized carbons (Fsp3) is 0.125. The largest absolute Gasteiger partial charge is 0.490 e. The molecule has 0 fully saturated rings. The molecule has 32 heavy (non-hydrogen) atoms. The van der Waals surface area contributed by atoms with Crippen molar-refractivity contribution in [1.29, 1.82) is 5.26 Å². The van der Waals surface area contributed by atoms with E-state index < -0.39 is 4.92 Å². The summed E-state index contributed by atoms with van der Waals surface area (Å²) in [7, 11) is 0. The SMILES string of the molecule is CCOc1cc(C=C(C#N)c2cccc([N+](=O)[O-])c2)cc(Cl)c1OCc1ccc(F)cc1. The van der Waals surface area contributed by atoms with Crippen LogP contribution in [0.4, 0.5) is 10.1 Å². The highest BCUT2D eigenvalue weighted by molar-refractivity contribution is 6.32. The minimum atomic E-state index is -0.518. The molecule has 0 aliphatic heterocycles. The maximum Gasteiger partial charge on any atom is 0.270 e. The molecule has 0 amide bonds. The molecule has 3 rings (SSSR count). The lowest BCUT2D eigenvalue weighted by Gasteiger charge is -2.15. The van der Waals surface area contributed by atoms with Crippen LogP contribution in [0.25, 0.3) is 11.6 Å². The van der Waals surface area contributed by atoms with E-state index in [9.17, 15) is 19.8 Å². The summed E-state index contributed by atoms with van der Waals surface area (Å²) in [5, 5.41) is 20.9.